The molecule has 1 aromatic heterocycles. The lowest BCUT2D eigenvalue weighted by Crippen LogP contribution is -2.32. The van der Waals surface area contributed by atoms with Crippen LogP contribution in [-0.2, 0) is 24.4 Å². The molecule has 37 heavy (non-hydrogen) atoms. The third-order valence-corrected chi connectivity index (χ3v) is 6.53. The predicted octanol–water partition coefficient (Wildman–Crippen LogP) is 6.55. The number of carbonyl (C=O) groups is 2. The van der Waals surface area contributed by atoms with Gasteiger partial charge in [-0.2, -0.15) is 0 Å². The number of nitrogens with zero attached hydrogens (tertiary/aromatic N) is 2. The predicted molar refractivity (Wildman–Crippen MR) is 144 cm³/mol. The number of pyridine rings is 1. The highest BCUT2D eigenvalue weighted by Gasteiger charge is 2.34. The van der Waals surface area contributed by atoms with Crippen molar-refractivity contribution in [3.8, 4) is 16.9 Å². The molecular weight excluding hydrogens is 513 g/mol. The van der Waals surface area contributed by atoms with E-state index in [-0.39, 0.29) is 12.5 Å². The summed E-state index contributed by atoms with van der Waals surface area (Å²) in [7, 11) is 1.61. The molecule has 0 radical (unpaired) electrons. The third-order valence-electron chi connectivity index (χ3n) is 5.99. The quantitative estimate of drug-likeness (QED) is 0.382. The Labute approximate surface area is 226 Å². The van der Waals surface area contributed by atoms with E-state index >= 15 is 0 Å². The summed E-state index contributed by atoms with van der Waals surface area (Å²) in [5.41, 5.74) is 4.34. The molecule has 194 valence electrons. The number of rotatable bonds is 6. The fourth-order valence-electron chi connectivity index (χ4n) is 4.31. The molecule has 0 atom stereocenters. The lowest BCUT2D eigenvalue weighted by Gasteiger charge is -2.21. The Morgan fingerprint density at radius 1 is 1.14 bits per heavy atom. The topological polar surface area (TPSA) is 80.8 Å². The Kier molecular flexibility index (Phi) is 7.67. The standard InChI is InChI=1S/C28H29Cl2N3O4/c1-16-21(13-31-27(35)37-28(2,3)4)24(20-11-8-18(29)12-23(20)30)22-15-33(26(34)25(22)32-16)14-17-6-9-19(36-5)10-7-17/h6-12H,13-15H2,1-5H3,(H,31,35). The Bertz CT molecular complexity index is 1350. The average Bonchev–Trinajstić information content (AvgIpc) is 3.12. The first kappa shape index (κ1) is 26.8. The number of halogens is 2. The largest absolute Gasteiger partial charge is 0.497 e. The van der Waals surface area contributed by atoms with Crippen molar-refractivity contribution in [2.24, 2.45) is 0 Å². The molecule has 0 unspecified atom stereocenters. The maximum atomic E-state index is 13.4. The third kappa shape index (κ3) is 6.00. The smallest absolute Gasteiger partial charge is 0.407 e. The number of fused-ring (bicyclic) bond motifs is 1. The first-order valence-corrected chi connectivity index (χ1v) is 12.6. The lowest BCUT2D eigenvalue weighted by atomic mass is 9.93. The number of nitrogens with one attached hydrogen (secondary N) is 1. The summed E-state index contributed by atoms with van der Waals surface area (Å²) in [4.78, 5) is 32.3. The normalized spacial score (nSPS) is 12.9. The van der Waals surface area contributed by atoms with Gasteiger partial charge < -0.3 is 19.7 Å². The zero-order valence-corrected chi connectivity index (χ0v) is 23.0. The number of amides is 2. The van der Waals surface area contributed by atoms with E-state index in [1.807, 2.05) is 37.3 Å². The van der Waals surface area contributed by atoms with Crippen LogP contribution in [0.5, 0.6) is 5.75 Å². The summed E-state index contributed by atoms with van der Waals surface area (Å²) in [6, 6.07) is 12.8. The molecule has 9 heteroatoms. The van der Waals surface area contributed by atoms with E-state index in [4.69, 9.17) is 32.7 Å². The molecule has 0 saturated heterocycles. The van der Waals surface area contributed by atoms with Gasteiger partial charge in [-0.15, -0.1) is 0 Å². The first-order valence-electron chi connectivity index (χ1n) is 11.8. The van der Waals surface area contributed by atoms with Crippen LogP contribution in [0.1, 0.15) is 53.6 Å². The Hall–Kier alpha value is -3.29. The highest BCUT2D eigenvalue weighted by atomic mass is 35.5. The Morgan fingerprint density at radius 2 is 1.84 bits per heavy atom. The van der Waals surface area contributed by atoms with Gasteiger partial charge in [0, 0.05) is 52.1 Å². The van der Waals surface area contributed by atoms with Gasteiger partial charge in [0.2, 0.25) is 0 Å². The lowest BCUT2D eigenvalue weighted by molar-refractivity contribution is 0.0523. The van der Waals surface area contributed by atoms with Crippen LogP contribution < -0.4 is 10.1 Å². The summed E-state index contributed by atoms with van der Waals surface area (Å²) in [6.45, 7) is 8.14. The molecule has 2 heterocycles. The number of hydrogen-bond donors (Lipinski definition) is 1. The van der Waals surface area contributed by atoms with Crippen molar-refractivity contribution in [3.05, 3.63) is 80.6 Å². The number of ether oxygens (including phenoxy) is 2. The molecule has 7 nitrogen and oxygen atoms in total. The number of aryl methyl sites for hydroxylation is 1. The molecule has 0 bridgehead atoms. The summed E-state index contributed by atoms with van der Waals surface area (Å²) in [6.07, 6.45) is -0.544. The Balaban J connectivity index is 1.73. The van der Waals surface area contributed by atoms with E-state index < -0.39 is 11.7 Å². The summed E-state index contributed by atoms with van der Waals surface area (Å²) in [5.74, 6) is 0.589. The van der Waals surface area contributed by atoms with E-state index in [1.165, 1.54) is 0 Å². The van der Waals surface area contributed by atoms with Crippen LogP contribution in [0.3, 0.4) is 0 Å². The molecule has 1 aliphatic heterocycles. The molecule has 0 aliphatic carbocycles. The molecule has 0 fully saturated rings. The monoisotopic (exact) mass is 541 g/mol. The maximum Gasteiger partial charge on any atom is 0.407 e. The number of aromatic nitrogens is 1. The Morgan fingerprint density at radius 3 is 2.46 bits per heavy atom. The zero-order chi connectivity index (χ0) is 26.9. The van der Waals surface area contributed by atoms with E-state index in [9.17, 15) is 9.59 Å². The fourth-order valence-corrected chi connectivity index (χ4v) is 4.82. The second kappa shape index (κ2) is 10.6. The van der Waals surface area contributed by atoms with Crippen LogP contribution in [0.4, 0.5) is 4.79 Å². The van der Waals surface area contributed by atoms with Gasteiger partial charge in [-0.05, 0) is 63.1 Å². The van der Waals surface area contributed by atoms with Crippen LogP contribution >= 0.6 is 23.2 Å². The van der Waals surface area contributed by atoms with Crippen molar-refractivity contribution in [3.63, 3.8) is 0 Å². The van der Waals surface area contributed by atoms with Gasteiger partial charge >= 0.3 is 6.09 Å². The second-order valence-corrected chi connectivity index (χ2v) is 10.7. The highest BCUT2D eigenvalue weighted by molar-refractivity contribution is 6.36. The molecule has 1 N–H and O–H groups in total. The number of carbonyl (C=O) groups excluding carboxylic acids is 2. The fraction of sp³-hybridized carbons (Fsp3) is 0.321. The zero-order valence-electron chi connectivity index (χ0n) is 21.4. The van der Waals surface area contributed by atoms with Gasteiger partial charge in [0.05, 0.1) is 7.11 Å². The number of hydrogen-bond acceptors (Lipinski definition) is 5. The van der Waals surface area contributed by atoms with Crippen LogP contribution in [0.2, 0.25) is 10.0 Å². The van der Waals surface area contributed by atoms with Crippen LogP contribution in [0.25, 0.3) is 11.1 Å². The van der Waals surface area contributed by atoms with Gasteiger partial charge in [0.15, 0.2) is 0 Å². The van der Waals surface area contributed by atoms with E-state index in [2.05, 4.69) is 10.3 Å². The van der Waals surface area contributed by atoms with Crippen molar-refractivity contribution >= 4 is 35.2 Å². The summed E-state index contributed by atoms with van der Waals surface area (Å²) >= 11 is 12.8. The van der Waals surface area contributed by atoms with Crippen LogP contribution in [0, 0.1) is 6.92 Å². The summed E-state index contributed by atoms with van der Waals surface area (Å²) < 4.78 is 10.6. The highest BCUT2D eigenvalue weighted by Crippen LogP contribution is 2.40. The molecular formula is C28H29Cl2N3O4. The minimum absolute atomic E-state index is 0.155. The molecule has 2 aromatic carbocycles. The second-order valence-electron chi connectivity index (χ2n) is 9.87. The summed E-state index contributed by atoms with van der Waals surface area (Å²) in [5, 5.41) is 3.77. The van der Waals surface area contributed by atoms with Crippen LogP contribution in [0.15, 0.2) is 42.5 Å². The number of methoxy groups -OCH3 is 1. The van der Waals surface area contributed by atoms with Gasteiger partial charge in [0.25, 0.3) is 5.91 Å². The van der Waals surface area contributed by atoms with Gasteiger partial charge in [0.1, 0.15) is 17.0 Å². The van der Waals surface area contributed by atoms with Gasteiger partial charge in [-0.25, -0.2) is 9.78 Å². The molecule has 0 spiro atoms. The molecule has 4 rings (SSSR count). The van der Waals surface area contributed by atoms with E-state index in [0.717, 1.165) is 28.0 Å². The van der Waals surface area contributed by atoms with Crippen molar-refractivity contribution < 1.29 is 19.1 Å². The molecule has 0 saturated carbocycles. The molecule has 3 aromatic rings. The SMILES string of the molecule is COc1ccc(CN2Cc3c(nc(C)c(CNC(=O)OC(C)(C)C)c3-c3ccc(Cl)cc3Cl)C2=O)cc1. The minimum Gasteiger partial charge on any atom is -0.497 e. The molecule has 1 aliphatic rings. The van der Waals surface area contributed by atoms with Gasteiger partial charge in [-0.1, -0.05) is 41.4 Å². The number of benzene rings is 2. The maximum absolute atomic E-state index is 13.4. The molecule has 2 amide bonds. The van der Waals surface area contributed by atoms with Crippen LogP contribution in [-0.4, -0.2) is 34.6 Å². The van der Waals surface area contributed by atoms with Crippen molar-refractivity contribution in [2.75, 3.05) is 7.11 Å². The van der Waals surface area contributed by atoms with E-state index in [1.54, 1.807) is 44.9 Å². The average molecular weight is 542 g/mol. The van der Waals surface area contributed by atoms with Crippen molar-refractivity contribution in [2.45, 2.75) is 52.9 Å². The van der Waals surface area contributed by atoms with E-state index in [0.29, 0.717) is 40.1 Å². The van der Waals surface area contributed by atoms with Crippen molar-refractivity contribution in [1.29, 1.82) is 0 Å². The van der Waals surface area contributed by atoms with Crippen molar-refractivity contribution in [1.82, 2.24) is 15.2 Å². The minimum atomic E-state index is -0.633. The first-order chi connectivity index (χ1) is 17.5. The number of alkyl carbamates (subject to hydrolysis) is 1. The van der Waals surface area contributed by atoms with Gasteiger partial charge in [-0.3, -0.25) is 4.79 Å².